The predicted molar refractivity (Wildman–Crippen MR) is 72.4 cm³/mol. The van der Waals surface area contributed by atoms with Gasteiger partial charge in [0.25, 0.3) is 10.0 Å². The van der Waals surface area contributed by atoms with E-state index in [0.717, 1.165) is 29.8 Å². The Bertz CT molecular complexity index is 773. The quantitative estimate of drug-likeness (QED) is 0.751. The van der Waals surface area contributed by atoms with Gasteiger partial charge in [-0.3, -0.25) is 4.79 Å². The van der Waals surface area contributed by atoms with Crippen molar-refractivity contribution >= 4 is 38.7 Å². The first-order chi connectivity index (χ1) is 9.44. The molecule has 11 heteroatoms. The SMILES string of the molecule is COC(=O)c1ncsc1S(=O)(=O)NCc1csc(=O)[nH]1. The summed E-state index contributed by atoms with van der Waals surface area (Å²) in [5.74, 6) is -0.824. The van der Waals surface area contributed by atoms with Crippen LogP contribution in [0.25, 0.3) is 0 Å². The van der Waals surface area contributed by atoms with Crippen molar-refractivity contribution in [2.75, 3.05) is 7.11 Å². The standard InChI is InChI=1S/C9H9N3O5S3/c1-17-7(13)6-8(19-4-10-6)20(15,16)11-2-5-3-18-9(14)12-5/h3-4,11H,2H2,1H3,(H,12,14). The first kappa shape index (κ1) is 14.8. The minimum Gasteiger partial charge on any atom is -0.464 e. The topological polar surface area (TPSA) is 118 Å². The number of aromatic nitrogens is 2. The maximum atomic E-state index is 12.1. The van der Waals surface area contributed by atoms with Crippen LogP contribution in [-0.2, 0) is 21.3 Å². The Balaban J connectivity index is 2.20. The molecule has 0 unspecified atom stereocenters. The molecule has 2 heterocycles. The van der Waals surface area contributed by atoms with Crippen LogP contribution < -0.4 is 9.60 Å². The summed E-state index contributed by atoms with van der Waals surface area (Å²) in [4.78, 5) is 28.2. The lowest BCUT2D eigenvalue weighted by atomic mass is 10.5. The fourth-order valence-electron chi connectivity index (χ4n) is 1.30. The van der Waals surface area contributed by atoms with Gasteiger partial charge in [-0.25, -0.2) is 22.9 Å². The number of carbonyl (C=O) groups is 1. The molecule has 0 aliphatic rings. The smallest absolute Gasteiger partial charge is 0.358 e. The van der Waals surface area contributed by atoms with Crippen LogP contribution in [0.4, 0.5) is 0 Å². The Morgan fingerprint density at radius 2 is 2.25 bits per heavy atom. The number of hydrogen-bond donors (Lipinski definition) is 2. The van der Waals surface area contributed by atoms with Gasteiger partial charge in [0.15, 0.2) is 9.90 Å². The van der Waals surface area contributed by atoms with Gasteiger partial charge in [-0.05, 0) is 0 Å². The first-order valence-electron chi connectivity index (χ1n) is 5.12. The second-order valence-corrected chi connectivity index (χ2v) is 7.14. The summed E-state index contributed by atoms with van der Waals surface area (Å²) in [7, 11) is -2.76. The van der Waals surface area contributed by atoms with Crippen molar-refractivity contribution in [2.24, 2.45) is 0 Å². The van der Waals surface area contributed by atoms with Gasteiger partial charge in [0, 0.05) is 11.1 Å². The third-order valence-corrected chi connectivity index (χ3v) is 5.67. The maximum absolute atomic E-state index is 12.1. The summed E-state index contributed by atoms with van der Waals surface area (Å²) in [6.45, 7) is -0.0837. The molecular weight excluding hydrogens is 326 g/mol. The third kappa shape index (κ3) is 3.12. The molecule has 0 spiro atoms. The number of carbonyl (C=O) groups excluding carboxylic acids is 1. The average molecular weight is 335 g/mol. The van der Waals surface area contributed by atoms with Crippen LogP contribution in [0.1, 0.15) is 16.2 Å². The summed E-state index contributed by atoms with van der Waals surface area (Å²) in [6, 6.07) is 0. The molecule has 0 radical (unpaired) electrons. The van der Waals surface area contributed by atoms with Crippen LogP contribution in [0.2, 0.25) is 0 Å². The van der Waals surface area contributed by atoms with Gasteiger partial charge in [0.2, 0.25) is 0 Å². The van der Waals surface area contributed by atoms with Crippen molar-refractivity contribution in [3.05, 3.63) is 31.9 Å². The van der Waals surface area contributed by atoms with Crippen molar-refractivity contribution in [2.45, 2.75) is 10.8 Å². The Kier molecular flexibility index (Phi) is 4.32. The molecule has 0 aliphatic carbocycles. The lowest BCUT2D eigenvalue weighted by Gasteiger charge is -2.04. The van der Waals surface area contributed by atoms with Crippen molar-refractivity contribution in [1.82, 2.24) is 14.7 Å². The van der Waals surface area contributed by atoms with E-state index in [9.17, 15) is 18.0 Å². The molecule has 0 aliphatic heterocycles. The zero-order chi connectivity index (χ0) is 14.8. The summed E-state index contributed by atoms with van der Waals surface area (Å²) in [5.41, 5.74) is 1.42. The maximum Gasteiger partial charge on any atom is 0.358 e. The monoisotopic (exact) mass is 335 g/mol. The molecule has 20 heavy (non-hydrogen) atoms. The van der Waals surface area contributed by atoms with Gasteiger partial charge in [-0.2, -0.15) is 0 Å². The number of methoxy groups -OCH3 is 1. The predicted octanol–water partition coefficient (Wildman–Crippen LogP) is 0.158. The highest BCUT2D eigenvalue weighted by Gasteiger charge is 2.26. The zero-order valence-corrected chi connectivity index (χ0v) is 12.5. The molecule has 0 saturated heterocycles. The molecule has 108 valence electrons. The number of aromatic amines is 1. The second kappa shape index (κ2) is 5.83. The Labute approximate surface area is 121 Å². The molecule has 2 N–H and O–H groups in total. The number of thiazole rings is 2. The normalized spacial score (nSPS) is 11.4. The first-order valence-corrected chi connectivity index (χ1v) is 8.36. The van der Waals surface area contributed by atoms with E-state index in [1.54, 1.807) is 0 Å². The number of esters is 1. The van der Waals surface area contributed by atoms with E-state index in [-0.39, 0.29) is 21.3 Å². The summed E-state index contributed by atoms with van der Waals surface area (Å²) < 4.78 is 30.7. The third-order valence-electron chi connectivity index (χ3n) is 2.18. The minimum absolute atomic E-state index is 0.0837. The fourth-order valence-corrected chi connectivity index (χ4v) is 4.06. The van der Waals surface area contributed by atoms with Crippen molar-refractivity contribution < 1.29 is 17.9 Å². The summed E-state index contributed by atoms with van der Waals surface area (Å²) in [6.07, 6.45) is 0. The van der Waals surface area contributed by atoms with Crippen LogP contribution in [0.15, 0.2) is 19.9 Å². The van der Waals surface area contributed by atoms with Crippen LogP contribution in [-0.4, -0.2) is 31.5 Å². The van der Waals surface area contributed by atoms with Crippen LogP contribution in [0.3, 0.4) is 0 Å². The van der Waals surface area contributed by atoms with E-state index >= 15 is 0 Å². The van der Waals surface area contributed by atoms with Crippen LogP contribution in [0, 0.1) is 0 Å². The second-order valence-electron chi connectivity index (χ2n) is 3.48. The number of nitrogens with one attached hydrogen (secondary N) is 2. The van der Waals surface area contributed by atoms with Gasteiger partial charge >= 0.3 is 10.8 Å². The van der Waals surface area contributed by atoms with Crippen molar-refractivity contribution in [1.29, 1.82) is 0 Å². The lowest BCUT2D eigenvalue weighted by molar-refractivity contribution is 0.0590. The van der Waals surface area contributed by atoms with Gasteiger partial charge in [-0.1, -0.05) is 11.3 Å². The number of nitrogens with zero attached hydrogens (tertiary/aromatic N) is 1. The fraction of sp³-hybridized carbons (Fsp3) is 0.222. The molecule has 2 rings (SSSR count). The number of rotatable bonds is 5. The Morgan fingerprint density at radius 3 is 2.85 bits per heavy atom. The molecule has 8 nitrogen and oxygen atoms in total. The molecule has 0 saturated carbocycles. The Morgan fingerprint density at radius 1 is 1.50 bits per heavy atom. The van der Waals surface area contributed by atoms with Gasteiger partial charge in [-0.15, -0.1) is 11.3 Å². The van der Waals surface area contributed by atoms with E-state index in [4.69, 9.17) is 0 Å². The van der Waals surface area contributed by atoms with Gasteiger partial charge < -0.3 is 9.72 Å². The Hall–Kier alpha value is -1.56. The summed E-state index contributed by atoms with van der Waals surface area (Å²) >= 11 is 1.74. The van der Waals surface area contributed by atoms with E-state index in [1.807, 2.05) is 0 Å². The molecule has 2 aromatic heterocycles. The van der Waals surface area contributed by atoms with Crippen molar-refractivity contribution in [3.63, 3.8) is 0 Å². The van der Waals surface area contributed by atoms with Crippen LogP contribution in [0.5, 0.6) is 0 Å². The van der Waals surface area contributed by atoms with Crippen molar-refractivity contribution in [3.8, 4) is 0 Å². The van der Waals surface area contributed by atoms with E-state index in [2.05, 4.69) is 19.4 Å². The molecule has 2 aromatic rings. The highest BCUT2D eigenvalue weighted by Crippen LogP contribution is 2.20. The summed E-state index contributed by atoms with van der Waals surface area (Å²) in [5, 5.41) is 1.51. The highest BCUT2D eigenvalue weighted by atomic mass is 32.2. The van der Waals surface area contributed by atoms with Gasteiger partial charge in [0.05, 0.1) is 19.2 Å². The number of ether oxygens (including phenoxy) is 1. The molecular formula is C9H9N3O5S3. The molecule has 0 amide bonds. The largest absolute Gasteiger partial charge is 0.464 e. The molecule has 0 aromatic carbocycles. The molecule has 0 atom stereocenters. The van der Waals surface area contributed by atoms with Gasteiger partial charge in [0.1, 0.15) is 0 Å². The molecule has 0 bridgehead atoms. The number of hydrogen-bond acceptors (Lipinski definition) is 8. The minimum atomic E-state index is -3.90. The number of H-pyrrole nitrogens is 1. The average Bonchev–Trinajstić information content (AvgIpc) is 3.04. The van der Waals surface area contributed by atoms with E-state index in [1.165, 1.54) is 10.9 Å². The van der Waals surface area contributed by atoms with E-state index < -0.39 is 16.0 Å². The zero-order valence-electron chi connectivity index (χ0n) is 10.1. The molecule has 0 fully saturated rings. The van der Waals surface area contributed by atoms with E-state index in [0.29, 0.717) is 5.69 Å². The van der Waals surface area contributed by atoms with Crippen LogP contribution >= 0.6 is 22.7 Å². The number of sulfonamides is 1. The lowest BCUT2D eigenvalue weighted by Crippen LogP contribution is -2.24. The highest BCUT2D eigenvalue weighted by molar-refractivity contribution is 7.91.